The topological polar surface area (TPSA) is 55.6 Å². The Balaban J connectivity index is 1.68. The molecule has 0 aliphatic heterocycles. The van der Waals surface area contributed by atoms with Gasteiger partial charge in [-0.2, -0.15) is 20.3 Å². The Labute approximate surface area is 122 Å². The van der Waals surface area contributed by atoms with Gasteiger partial charge in [0.1, 0.15) is 0 Å². The van der Waals surface area contributed by atoms with Crippen LogP contribution in [-0.4, -0.2) is 4.98 Å². The number of rotatable bonds is 4. The Morgan fingerprint density at radius 2 is 1.48 bits per heavy atom. The zero-order valence-electron chi connectivity index (χ0n) is 11.2. The summed E-state index contributed by atoms with van der Waals surface area (Å²) < 4.78 is 1.70. The fourth-order valence-corrected chi connectivity index (χ4v) is 1.68. The summed E-state index contributed by atoms with van der Waals surface area (Å²) in [6, 6.07) is 19.0. The van der Waals surface area contributed by atoms with Crippen molar-refractivity contribution in [3.05, 3.63) is 84.7 Å². The van der Waals surface area contributed by atoms with Crippen molar-refractivity contribution in [3.63, 3.8) is 0 Å². The monoisotopic (exact) mass is 275 g/mol. The molecule has 0 saturated carbocycles. The number of pyridine rings is 2. The lowest BCUT2D eigenvalue weighted by Gasteiger charge is -2.07. The Kier molecular flexibility index (Phi) is 3.93. The van der Waals surface area contributed by atoms with Gasteiger partial charge in [0.2, 0.25) is 0 Å². The first-order chi connectivity index (χ1) is 10.4. The molecule has 0 spiro atoms. The van der Waals surface area contributed by atoms with Crippen LogP contribution >= 0.6 is 0 Å². The zero-order chi connectivity index (χ0) is 14.3. The van der Waals surface area contributed by atoms with Crippen LogP contribution in [0.3, 0.4) is 0 Å². The van der Waals surface area contributed by atoms with Crippen LogP contribution in [0.2, 0.25) is 0 Å². The SMILES string of the molecule is c1ccc(N=Nc2ccc([N-][n+]3ccccc3)nc2)cc1. The molecular formula is C16H13N5. The molecule has 21 heavy (non-hydrogen) atoms. The highest BCUT2D eigenvalue weighted by atomic mass is 15.4. The van der Waals surface area contributed by atoms with Crippen molar-refractivity contribution in [2.24, 2.45) is 10.2 Å². The normalized spacial score (nSPS) is 10.7. The molecule has 0 N–H and O–H groups in total. The number of nitrogens with zero attached hydrogens (tertiary/aromatic N) is 5. The van der Waals surface area contributed by atoms with Gasteiger partial charge in [-0.1, -0.05) is 36.5 Å². The minimum atomic E-state index is 0.616. The molecule has 0 atom stereocenters. The third-order valence-corrected chi connectivity index (χ3v) is 2.69. The first kappa shape index (κ1) is 12.9. The summed E-state index contributed by atoms with van der Waals surface area (Å²) in [4.78, 5) is 4.25. The van der Waals surface area contributed by atoms with Crippen LogP contribution in [0.25, 0.3) is 5.43 Å². The molecule has 0 aliphatic carbocycles. The van der Waals surface area contributed by atoms with E-state index in [4.69, 9.17) is 0 Å². The van der Waals surface area contributed by atoms with Gasteiger partial charge in [0.25, 0.3) is 0 Å². The van der Waals surface area contributed by atoms with E-state index in [1.807, 2.05) is 67.0 Å². The van der Waals surface area contributed by atoms with Gasteiger partial charge >= 0.3 is 0 Å². The Morgan fingerprint density at radius 1 is 0.762 bits per heavy atom. The molecule has 3 aromatic rings. The first-order valence-corrected chi connectivity index (χ1v) is 6.51. The van der Waals surface area contributed by atoms with Crippen molar-refractivity contribution < 1.29 is 4.68 Å². The maximum Gasteiger partial charge on any atom is 0.182 e. The second-order valence-corrected chi connectivity index (χ2v) is 4.27. The van der Waals surface area contributed by atoms with Gasteiger partial charge < -0.3 is 4.98 Å². The molecule has 5 nitrogen and oxygen atoms in total. The van der Waals surface area contributed by atoms with Crippen LogP contribution in [0.1, 0.15) is 0 Å². The smallest absolute Gasteiger partial charge is 0.182 e. The molecule has 2 heterocycles. The van der Waals surface area contributed by atoms with Crippen molar-refractivity contribution in [2.75, 3.05) is 0 Å². The summed E-state index contributed by atoms with van der Waals surface area (Å²) >= 11 is 0. The predicted octanol–water partition coefficient (Wildman–Crippen LogP) is 4.25. The molecule has 2 aromatic heterocycles. The van der Waals surface area contributed by atoms with E-state index in [-0.39, 0.29) is 0 Å². The van der Waals surface area contributed by atoms with Gasteiger partial charge in [-0.25, -0.2) is 0 Å². The van der Waals surface area contributed by atoms with E-state index in [1.54, 1.807) is 16.9 Å². The third kappa shape index (κ3) is 3.70. The summed E-state index contributed by atoms with van der Waals surface area (Å²) in [5.74, 6) is 0.616. The summed E-state index contributed by atoms with van der Waals surface area (Å²) in [5, 5.41) is 8.28. The maximum absolute atomic E-state index is 4.33. The van der Waals surface area contributed by atoms with Crippen LogP contribution < -0.4 is 4.68 Å². The average molecular weight is 275 g/mol. The van der Waals surface area contributed by atoms with Crippen molar-refractivity contribution >= 4 is 17.2 Å². The maximum atomic E-state index is 4.33. The van der Waals surface area contributed by atoms with Crippen molar-refractivity contribution in [2.45, 2.75) is 0 Å². The number of aromatic nitrogens is 2. The molecule has 0 unspecified atom stereocenters. The molecule has 5 heteroatoms. The third-order valence-electron chi connectivity index (χ3n) is 2.69. The average Bonchev–Trinajstić information content (AvgIpc) is 2.56. The molecule has 0 saturated heterocycles. The van der Waals surface area contributed by atoms with Crippen molar-refractivity contribution in [1.82, 2.24) is 4.98 Å². The molecule has 0 fully saturated rings. The quantitative estimate of drug-likeness (QED) is 0.518. The Hall–Kier alpha value is -3.08. The van der Waals surface area contributed by atoms with E-state index in [0.29, 0.717) is 11.5 Å². The fraction of sp³-hybridized carbons (Fsp3) is 0. The molecule has 0 aliphatic rings. The zero-order valence-corrected chi connectivity index (χ0v) is 11.2. The molecule has 0 amide bonds. The second kappa shape index (κ2) is 6.38. The first-order valence-electron chi connectivity index (χ1n) is 6.51. The number of azo groups is 1. The molecule has 102 valence electrons. The standard InChI is InChI=1S/C16H13N5/c1-3-7-14(8-4-1)18-19-15-9-10-16(17-13-15)20-21-11-5-2-6-12-21/h1-13H. The molecule has 0 radical (unpaired) electrons. The molecule has 1 aromatic carbocycles. The lowest BCUT2D eigenvalue weighted by molar-refractivity contribution is -0.619. The summed E-state index contributed by atoms with van der Waals surface area (Å²) in [7, 11) is 0. The Morgan fingerprint density at radius 3 is 2.19 bits per heavy atom. The van der Waals surface area contributed by atoms with Crippen LogP contribution in [0, 0.1) is 0 Å². The second-order valence-electron chi connectivity index (χ2n) is 4.27. The van der Waals surface area contributed by atoms with E-state index < -0.39 is 0 Å². The highest BCUT2D eigenvalue weighted by Gasteiger charge is 1.93. The van der Waals surface area contributed by atoms with E-state index in [9.17, 15) is 0 Å². The minimum Gasteiger partial charge on any atom is -0.436 e. The fourth-order valence-electron chi connectivity index (χ4n) is 1.68. The Bertz CT molecular complexity index is 709. The number of hydrogen-bond acceptors (Lipinski definition) is 3. The van der Waals surface area contributed by atoms with E-state index in [2.05, 4.69) is 20.6 Å². The van der Waals surface area contributed by atoms with Gasteiger partial charge in [0.05, 0.1) is 11.4 Å². The number of hydrogen-bond donors (Lipinski definition) is 0. The van der Waals surface area contributed by atoms with Gasteiger partial charge in [-0.15, -0.1) is 0 Å². The van der Waals surface area contributed by atoms with Gasteiger partial charge in [0.15, 0.2) is 12.4 Å². The highest BCUT2D eigenvalue weighted by Crippen LogP contribution is 2.19. The van der Waals surface area contributed by atoms with Gasteiger partial charge in [-0.05, 0) is 18.2 Å². The van der Waals surface area contributed by atoms with Crippen LogP contribution in [0.4, 0.5) is 17.2 Å². The predicted molar refractivity (Wildman–Crippen MR) is 79.9 cm³/mol. The van der Waals surface area contributed by atoms with Crippen LogP contribution in [0.15, 0.2) is 89.5 Å². The van der Waals surface area contributed by atoms with Gasteiger partial charge in [0, 0.05) is 18.0 Å². The molecule has 3 rings (SSSR count). The van der Waals surface area contributed by atoms with Crippen molar-refractivity contribution in [1.29, 1.82) is 0 Å². The lowest BCUT2D eigenvalue weighted by atomic mass is 10.3. The van der Waals surface area contributed by atoms with Crippen LogP contribution in [-0.2, 0) is 0 Å². The highest BCUT2D eigenvalue weighted by molar-refractivity contribution is 5.44. The number of benzene rings is 1. The van der Waals surface area contributed by atoms with Crippen LogP contribution in [0.5, 0.6) is 0 Å². The summed E-state index contributed by atoms with van der Waals surface area (Å²) in [6.45, 7) is 0. The lowest BCUT2D eigenvalue weighted by Crippen LogP contribution is -2.26. The van der Waals surface area contributed by atoms with E-state index >= 15 is 0 Å². The molecule has 0 bridgehead atoms. The van der Waals surface area contributed by atoms with Gasteiger partial charge in [-0.3, -0.25) is 0 Å². The molecular weight excluding hydrogens is 262 g/mol. The minimum absolute atomic E-state index is 0.616. The summed E-state index contributed by atoms with van der Waals surface area (Å²) in [5.41, 5.74) is 5.84. The summed E-state index contributed by atoms with van der Waals surface area (Å²) in [6.07, 6.45) is 5.35. The largest absolute Gasteiger partial charge is 0.436 e. The van der Waals surface area contributed by atoms with Crippen molar-refractivity contribution in [3.8, 4) is 0 Å². The van der Waals surface area contributed by atoms with E-state index in [1.165, 1.54) is 0 Å². The van der Waals surface area contributed by atoms with E-state index in [0.717, 1.165) is 5.69 Å².